The summed E-state index contributed by atoms with van der Waals surface area (Å²) < 4.78 is 7.46. The van der Waals surface area contributed by atoms with Crippen LogP contribution in [0.25, 0.3) is 0 Å². The molecule has 7 aliphatic rings. The lowest BCUT2D eigenvalue weighted by atomic mass is 9.56. The van der Waals surface area contributed by atoms with Crippen LogP contribution in [0.15, 0.2) is 11.6 Å². The quantitative estimate of drug-likeness (QED) is 0.514. The minimum absolute atomic E-state index is 0.0643. The van der Waals surface area contributed by atoms with Gasteiger partial charge in [-0.15, -0.1) is 0 Å². The van der Waals surface area contributed by atoms with E-state index in [0.29, 0.717) is 34.7 Å². The zero-order valence-electron chi connectivity index (χ0n) is 23.8. The monoisotopic (exact) mass is 494 g/mol. The van der Waals surface area contributed by atoms with Crippen LogP contribution in [0.2, 0.25) is 0 Å². The first kappa shape index (κ1) is 24.3. The second-order valence-electron chi connectivity index (χ2n) is 15.3. The molecule has 7 rings (SSSR count). The molecule has 0 bridgehead atoms. The Kier molecular flexibility index (Phi) is 5.20. The molecule has 200 valence electrons. The van der Waals surface area contributed by atoms with Crippen LogP contribution in [0.3, 0.4) is 0 Å². The summed E-state index contributed by atoms with van der Waals surface area (Å²) in [5, 5.41) is 0. The molecule has 0 aromatic rings. The Labute approximate surface area is 219 Å². The summed E-state index contributed by atoms with van der Waals surface area (Å²) in [6.45, 7) is 13.8. The van der Waals surface area contributed by atoms with E-state index in [4.69, 9.17) is 4.74 Å². The highest BCUT2D eigenvalue weighted by atomic mass is 16.5. The van der Waals surface area contributed by atoms with Gasteiger partial charge in [0.05, 0.1) is 11.7 Å². The van der Waals surface area contributed by atoms with Crippen LogP contribution in [-0.2, 0) is 9.53 Å². The first-order valence-corrected chi connectivity index (χ1v) is 15.4. The van der Waals surface area contributed by atoms with Crippen LogP contribution in [-0.4, -0.2) is 67.1 Å². The van der Waals surface area contributed by atoms with Gasteiger partial charge in [0.15, 0.2) is 5.78 Å². The minimum atomic E-state index is 0.0643. The Balaban J connectivity index is 1.20. The number of hydrogen-bond acceptors (Lipinski definition) is 4. The van der Waals surface area contributed by atoms with Gasteiger partial charge in [-0.1, -0.05) is 33.3 Å². The topological polar surface area (TPSA) is 32.8 Å². The van der Waals surface area contributed by atoms with E-state index in [1.807, 2.05) is 0 Å². The smallest absolute Gasteiger partial charge is 0.155 e. The van der Waals surface area contributed by atoms with Crippen molar-refractivity contribution in [1.82, 2.24) is 9.80 Å². The van der Waals surface area contributed by atoms with Crippen molar-refractivity contribution in [1.29, 1.82) is 0 Å². The number of carbonyl (C=O) groups excluding carboxylic acids is 1. The van der Waals surface area contributed by atoms with Crippen LogP contribution >= 0.6 is 0 Å². The first-order chi connectivity index (χ1) is 17.0. The molecule has 4 saturated carbocycles. The molecule has 11 atom stereocenters. The summed E-state index contributed by atoms with van der Waals surface area (Å²) in [6.07, 6.45) is 13.5. The predicted octanol–water partition coefficient (Wildman–Crippen LogP) is 5.56. The maximum Gasteiger partial charge on any atom is 0.155 e. The van der Waals surface area contributed by atoms with Crippen molar-refractivity contribution in [2.75, 3.05) is 33.7 Å². The Hall–Kier alpha value is -0.710. The Morgan fingerprint density at radius 2 is 1.92 bits per heavy atom. The molecule has 2 spiro atoms. The molecule has 2 unspecified atom stereocenters. The lowest BCUT2D eigenvalue weighted by Crippen LogP contribution is -2.55. The van der Waals surface area contributed by atoms with E-state index < -0.39 is 0 Å². The molecule has 2 heterocycles. The van der Waals surface area contributed by atoms with E-state index in [2.05, 4.69) is 57.7 Å². The van der Waals surface area contributed by atoms with E-state index in [1.165, 1.54) is 63.6 Å². The van der Waals surface area contributed by atoms with Crippen molar-refractivity contribution < 1.29 is 9.53 Å². The molecule has 6 fully saturated rings. The minimum Gasteiger partial charge on any atom is -0.369 e. The second-order valence-corrected chi connectivity index (χ2v) is 15.3. The maximum atomic E-state index is 12.3. The van der Waals surface area contributed by atoms with Crippen LogP contribution < -0.4 is 0 Å². The van der Waals surface area contributed by atoms with Gasteiger partial charge in [-0.2, -0.15) is 0 Å². The van der Waals surface area contributed by atoms with Crippen LogP contribution in [0.5, 0.6) is 0 Å². The van der Waals surface area contributed by atoms with E-state index in [0.717, 1.165) is 43.1 Å². The molecule has 4 heteroatoms. The number of ether oxygens (including phenoxy) is 1. The number of piperidine rings is 1. The summed E-state index contributed by atoms with van der Waals surface area (Å²) in [5.41, 5.74) is 2.66. The molecule has 5 aliphatic carbocycles. The molecule has 0 N–H and O–H groups in total. The lowest BCUT2D eigenvalue weighted by Gasteiger charge is -2.50. The average Bonchev–Trinajstić information content (AvgIpc) is 3.16. The molecular weight excluding hydrogens is 444 g/mol. The summed E-state index contributed by atoms with van der Waals surface area (Å²) in [4.78, 5) is 17.5. The number of likely N-dealkylation sites (N-methyl/N-ethyl adjacent to an activating group) is 1. The largest absolute Gasteiger partial charge is 0.369 e. The first-order valence-electron chi connectivity index (χ1n) is 15.4. The van der Waals surface area contributed by atoms with Crippen molar-refractivity contribution in [3.63, 3.8) is 0 Å². The van der Waals surface area contributed by atoms with Crippen LogP contribution in [0.1, 0.15) is 85.5 Å². The molecule has 0 amide bonds. The van der Waals surface area contributed by atoms with Gasteiger partial charge in [0.2, 0.25) is 0 Å². The molecule has 0 aromatic heterocycles. The van der Waals surface area contributed by atoms with E-state index >= 15 is 0 Å². The summed E-state index contributed by atoms with van der Waals surface area (Å²) in [7, 11) is 4.42. The third-order valence-electron chi connectivity index (χ3n) is 13.7. The summed E-state index contributed by atoms with van der Waals surface area (Å²) in [5.74, 6) is 4.26. The summed E-state index contributed by atoms with van der Waals surface area (Å²) >= 11 is 0. The van der Waals surface area contributed by atoms with E-state index in [-0.39, 0.29) is 11.0 Å². The standard InChI is InChI=1S/C32H50N2O2/c1-20-15-27-28(34(18-20)14-13-33(5)6)21(2)32(36-27)12-10-25-24-8-7-22-16-23(35)9-11-29(22,3)26(24)17-31(25)19-30(31,32)4/h16,20-21,24-28H,7-15,17-19H2,1-6H3/t20-,21+,24-,25-,26-,27+,28-,29-,30?,31?,32+/m0/s1. The average molecular weight is 495 g/mol. The Morgan fingerprint density at radius 1 is 1.11 bits per heavy atom. The van der Waals surface area contributed by atoms with E-state index in [9.17, 15) is 4.79 Å². The molecule has 2 aliphatic heterocycles. The number of nitrogens with zero attached hydrogens (tertiary/aromatic N) is 2. The zero-order chi connectivity index (χ0) is 25.3. The number of carbonyl (C=O) groups is 1. The number of ketones is 1. The van der Waals surface area contributed by atoms with Gasteiger partial charge in [-0.3, -0.25) is 9.69 Å². The fourth-order valence-electron chi connectivity index (χ4n) is 12.0. The van der Waals surface area contributed by atoms with Gasteiger partial charge in [-0.05, 0) is 106 Å². The number of likely N-dealkylation sites (tertiary alicyclic amines) is 1. The van der Waals surface area contributed by atoms with Gasteiger partial charge >= 0.3 is 0 Å². The number of allylic oxidation sites excluding steroid dienone is 2. The molecule has 0 aromatic carbocycles. The van der Waals surface area contributed by atoms with Crippen molar-refractivity contribution in [2.45, 2.75) is 103 Å². The van der Waals surface area contributed by atoms with Crippen molar-refractivity contribution >= 4 is 5.78 Å². The Bertz CT molecular complexity index is 991. The van der Waals surface area contributed by atoms with Crippen molar-refractivity contribution in [2.24, 2.45) is 45.8 Å². The lowest BCUT2D eigenvalue weighted by molar-refractivity contribution is -0.148. The van der Waals surface area contributed by atoms with E-state index in [1.54, 1.807) is 0 Å². The van der Waals surface area contributed by atoms with Gasteiger partial charge in [-0.25, -0.2) is 0 Å². The summed E-state index contributed by atoms with van der Waals surface area (Å²) in [6, 6.07) is 0.590. The van der Waals surface area contributed by atoms with Gasteiger partial charge < -0.3 is 9.64 Å². The van der Waals surface area contributed by atoms with Crippen LogP contribution in [0, 0.1) is 45.8 Å². The molecular formula is C32H50N2O2. The van der Waals surface area contributed by atoms with Gasteiger partial charge in [0.25, 0.3) is 0 Å². The SMILES string of the molecule is C[C@H]1C[C@H]2O[C@]3(CC[C@H]4[C@@H]5CCC6=CC(=O)CC[C@]6(C)[C@H]5CC45CC53C)[C@H](C)[C@@H]2N(CCN(C)C)C1. The normalized spacial score (nSPS) is 55.6. The highest BCUT2D eigenvalue weighted by Crippen LogP contribution is 2.87. The predicted molar refractivity (Wildman–Crippen MR) is 144 cm³/mol. The fourth-order valence-corrected chi connectivity index (χ4v) is 12.0. The molecule has 0 radical (unpaired) electrons. The number of fused-ring (bicyclic) bond motifs is 6. The highest BCUT2D eigenvalue weighted by Gasteiger charge is 2.84. The molecule has 4 nitrogen and oxygen atoms in total. The number of rotatable bonds is 3. The maximum absolute atomic E-state index is 12.3. The highest BCUT2D eigenvalue weighted by molar-refractivity contribution is 5.91. The van der Waals surface area contributed by atoms with Gasteiger partial charge in [0.1, 0.15) is 0 Å². The number of hydrogen-bond donors (Lipinski definition) is 0. The van der Waals surface area contributed by atoms with Gasteiger partial charge in [0, 0.05) is 43.4 Å². The molecule has 2 saturated heterocycles. The second kappa shape index (κ2) is 7.69. The molecule has 36 heavy (non-hydrogen) atoms. The van der Waals surface area contributed by atoms with Crippen LogP contribution in [0.4, 0.5) is 0 Å². The third-order valence-corrected chi connectivity index (χ3v) is 13.7. The third kappa shape index (κ3) is 2.91. The fraction of sp³-hybridized carbons (Fsp3) is 0.906. The Morgan fingerprint density at radius 3 is 2.69 bits per heavy atom. The zero-order valence-corrected chi connectivity index (χ0v) is 23.8. The van der Waals surface area contributed by atoms with Crippen molar-refractivity contribution in [3.05, 3.63) is 11.6 Å². The van der Waals surface area contributed by atoms with Crippen molar-refractivity contribution in [3.8, 4) is 0 Å².